The van der Waals surface area contributed by atoms with E-state index in [1.54, 1.807) is 0 Å². The van der Waals surface area contributed by atoms with Crippen molar-refractivity contribution in [2.75, 3.05) is 27.2 Å². The van der Waals surface area contributed by atoms with Gasteiger partial charge in [-0.1, -0.05) is 13.8 Å². The normalized spacial score (nSPS) is 22.0. The molecule has 1 N–H and O–H groups in total. The van der Waals surface area contributed by atoms with Gasteiger partial charge in [0.05, 0.1) is 0 Å². The zero-order chi connectivity index (χ0) is 18.8. The van der Waals surface area contributed by atoms with Gasteiger partial charge in [0, 0.05) is 52.5 Å². The van der Waals surface area contributed by atoms with E-state index in [1.807, 2.05) is 23.8 Å². The van der Waals surface area contributed by atoms with Gasteiger partial charge in [0.25, 0.3) is 10.2 Å². The highest BCUT2D eigenvalue weighted by atomic mass is 32.2. The standard InChI is InChI=1S/C17H29N5O2S/c1-6-22-10-14(7-15(22)8-18)9-21-11-16(13(2)3)17(12-21)19-25(23,24)20(4)5/h7,10,13,16-17,19H,6,9,11-12H2,1-5H3/t16-,17+/m0/s1. The number of nitrogens with zero attached hydrogens (tertiary/aromatic N) is 4. The smallest absolute Gasteiger partial charge is 0.279 e. The lowest BCUT2D eigenvalue weighted by atomic mass is 9.92. The van der Waals surface area contributed by atoms with Gasteiger partial charge in [-0.05, 0) is 30.4 Å². The summed E-state index contributed by atoms with van der Waals surface area (Å²) in [6.45, 7) is 9.29. The highest BCUT2D eigenvalue weighted by Gasteiger charge is 2.37. The Morgan fingerprint density at radius 3 is 2.56 bits per heavy atom. The van der Waals surface area contributed by atoms with E-state index in [9.17, 15) is 13.7 Å². The number of aromatic nitrogens is 1. The summed E-state index contributed by atoms with van der Waals surface area (Å²) in [5.74, 6) is 0.646. The van der Waals surface area contributed by atoms with Crippen molar-refractivity contribution in [3.8, 4) is 6.07 Å². The third-order valence-corrected chi connectivity index (χ3v) is 6.45. The Bertz CT molecular complexity index is 733. The first-order valence-electron chi connectivity index (χ1n) is 8.69. The highest BCUT2D eigenvalue weighted by Crippen LogP contribution is 2.26. The fourth-order valence-corrected chi connectivity index (χ4v) is 4.25. The molecule has 2 atom stereocenters. The van der Waals surface area contributed by atoms with Crippen molar-refractivity contribution in [3.05, 3.63) is 23.5 Å². The first kappa shape index (κ1) is 19.9. The minimum atomic E-state index is -3.45. The van der Waals surface area contributed by atoms with Crippen LogP contribution in [-0.2, 0) is 23.3 Å². The molecule has 0 spiro atoms. The largest absolute Gasteiger partial charge is 0.339 e. The van der Waals surface area contributed by atoms with Crippen LogP contribution in [0.25, 0.3) is 0 Å². The first-order chi connectivity index (χ1) is 11.7. The molecule has 1 aliphatic rings. The summed E-state index contributed by atoms with van der Waals surface area (Å²) in [4.78, 5) is 2.27. The second kappa shape index (κ2) is 7.87. The molecule has 0 amide bonds. The van der Waals surface area contributed by atoms with Crippen LogP contribution in [0.2, 0.25) is 0 Å². The van der Waals surface area contributed by atoms with Gasteiger partial charge in [0.1, 0.15) is 11.8 Å². The molecule has 1 aromatic rings. The quantitative estimate of drug-likeness (QED) is 0.786. The predicted octanol–water partition coefficient (Wildman–Crippen LogP) is 1.23. The molecule has 0 saturated carbocycles. The number of hydrogen-bond donors (Lipinski definition) is 1. The molecule has 1 fully saturated rings. The molecule has 1 aliphatic heterocycles. The third kappa shape index (κ3) is 4.61. The molecule has 1 saturated heterocycles. The van der Waals surface area contributed by atoms with Crippen LogP contribution in [0, 0.1) is 23.2 Å². The van der Waals surface area contributed by atoms with Crippen molar-refractivity contribution in [2.45, 2.75) is 39.9 Å². The number of rotatable bonds is 7. The summed E-state index contributed by atoms with van der Waals surface area (Å²) in [7, 11) is -0.369. The number of nitriles is 1. The Morgan fingerprint density at radius 1 is 1.40 bits per heavy atom. The van der Waals surface area contributed by atoms with Crippen LogP contribution < -0.4 is 4.72 Å². The molecular formula is C17H29N5O2S. The van der Waals surface area contributed by atoms with Crippen molar-refractivity contribution < 1.29 is 8.42 Å². The fourth-order valence-electron chi connectivity index (χ4n) is 3.41. The van der Waals surface area contributed by atoms with Crippen molar-refractivity contribution in [3.63, 3.8) is 0 Å². The maximum Gasteiger partial charge on any atom is 0.279 e. The molecule has 0 unspecified atom stereocenters. The second-order valence-electron chi connectivity index (χ2n) is 7.25. The lowest BCUT2D eigenvalue weighted by Gasteiger charge is -2.24. The van der Waals surface area contributed by atoms with Crippen molar-refractivity contribution in [1.29, 1.82) is 5.26 Å². The van der Waals surface area contributed by atoms with Gasteiger partial charge in [0.15, 0.2) is 0 Å². The van der Waals surface area contributed by atoms with E-state index in [0.29, 0.717) is 18.2 Å². The fraction of sp³-hybridized carbons (Fsp3) is 0.706. The molecule has 7 nitrogen and oxygen atoms in total. The molecule has 1 aromatic heterocycles. The molecule has 0 radical (unpaired) electrons. The zero-order valence-corrected chi connectivity index (χ0v) is 16.5. The van der Waals surface area contributed by atoms with Crippen molar-refractivity contribution in [1.82, 2.24) is 18.5 Å². The molecule has 0 bridgehead atoms. The average Bonchev–Trinajstić information content (AvgIpc) is 3.10. The number of nitrogens with one attached hydrogen (secondary N) is 1. The summed E-state index contributed by atoms with van der Waals surface area (Å²) in [5.41, 5.74) is 1.76. The third-order valence-electron chi connectivity index (χ3n) is 4.89. The summed E-state index contributed by atoms with van der Waals surface area (Å²) in [6, 6.07) is 4.04. The summed E-state index contributed by atoms with van der Waals surface area (Å²) >= 11 is 0. The molecule has 0 aliphatic carbocycles. The average molecular weight is 368 g/mol. The van der Waals surface area contributed by atoms with Gasteiger partial charge < -0.3 is 4.57 Å². The molecule has 2 heterocycles. The van der Waals surface area contributed by atoms with Crippen LogP contribution in [0.15, 0.2) is 12.3 Å². The maximum absolute atomic E-state index is 12.2. The Balaban J connectivity index is 2.11. The van der Waals surface area contributed by atoms with Gasteiger partial charge in [-0.2, -0.15) is 22.7 Å². The van der Waals surface area contributed by atoms with Crippen LogP contribution in [0.5, 0.6) is 0 Å². The van der Waals surface area contributed by atoms with Gasteiger partial charge in [-0.25, -0.2) is 0 Å². The van der Waals surface area contributed by atoms with E-state index in [2.05, 4.69) is 29.5 Å². The van der Waals surface area contributed by atoms with E-state index in [0.717, 1.165) is 25.2 Å². The molecule has 25 heavy (non-hydrogen) atoms. The Labute approximate surface area is 151 Å². The summed E-state index contributed by atoms with van der Waals surface area (Å²) in [6.07, 6.45) is 2.01. The Morgan fingerprint density at radius 2 is 2.08 bits per heavy atom. The minimum absolute atomic E-state index is 0.101. The monoisotopic (exact) mass is 367 g/mol. The molecule has 140 valence electrons. The van der Waals surface area contributed by atoms with E-state index >= 15 is 0 Å². The molecular weight excluding hydrogens is 338 g/mol. The lowest BCUT2D eigenvalue weighted by Crippen LogP contribution is -2.46. The molecule has 8 heteroatoms. The van der Waals surface area contributed by atoms with Gasteiger partial charge >= 0.3 is 0 Å². The number of likely N-dealkylation sites (tertiary alicyclic amines) is 1. The highest BCUT2D eigenvalue weighted by molar-refractivity contribution is 7.87. The zero-order valence-electron chi connectivity index (χ0n) is 15.7. The van der Waals surface area contributed by atoms with Crippen LogP contribution in [0.4, 0.5) is 0 Å². The van der Waals surface area contributed by atoms with Crippen molar-refractivity contribution in [2.24, 2.45) is 11.8 Å². The second-order valence-corrected chi connectivity index (χ2v) is 9.16. The number of aryl methyl sites for hydroxylation is 1. The van der Waals surface area contributed by atoms with Crippen LogP contribution in [0.3, 0.4) is 0 Å². The number of hydrogen-bond acceptors (Lipinski definition) is 4. The summed E-state index contributed by atoms with van der Waals surface area (Å²) in [5, 5.41) is 9.19. The van der Waals surface area contributed by atoms with E-state index in [-0.39, 0.29) is 12.0 Å². The lowest BCUT2D eigenvalue weighted by molar-refractivity contribution is 0.296. The van der Waals surface area contributed by atoms with Crippen LogP contribution >= 0.6 is 0 Å². The topological polar surface area (TPSA) is 81.4 Å². The van der Waals surface area contributed by atoms with Crippen molar-refractivity contribution >= 4 is 10.2 Å². The first-order valence-corrected chi connectivity index (χ1v) is 10.1. The van der Waals surface area contributed by atoms with Gasteiger partial charge in [0.2, 0.25) is 0 Å². The Hall–Kier alpha value is -1.40. The SMILES string of the molecule is CCn1cc(CN2C[C@@H](NS(=O)(=O)N(C)C)[C@H](C(C)C)C2)cc1C#N. The van der Waals surface area contributed by atoms with Crippen LogP contribution in [-0.4, -0.2) is 55.4 Å². The molecule has 0 aromatic carbocycles. The maximum atomic E-state index is 12.2. The molecule has 2 rings (SSSR count). The van der Waals surface area contributed by atoms with E-state index in [4.69, 9.17) is 0 Å². The van der Waals surface area contributed by atoms with E-state index < -0.39 is 10.2 Å². The van der Waals surface area contributed by atoms with Gasteiger partial charge in [-0.3, -0.25) is 4.90 Å². The van der Waals surface area contributed by atoms with E-state index in [1.165, 1.54) is 18.4 Å². The van der Waals surface area contributed by atoms with Gasteiger partial charge in [-0.15, -0.1) is 0 Å². The predicted molar refractivity (Wildman–Crippen MR) is 98.0 cm³/mol. The Kier molecular flexibility index (Phi) is 6.27. The van der Waals surface area contributed by atoms with Crippen LogP contribution in [0.1, 0.15) is 32.0 Å². The minimum Gasteiger partial charge on any atom is -0.339 e. The summed E-state index contributed by atoms with van der Waals surface area (Å²) < 4.78 is 30.4.